The molecule has 1 saturated heterocycles. The number of nitrogens with zero attached hydrogens (tertiary/aromatic N) is 3. The van der Waals surface area contributed by atoms with Gasteiger partial charge in [0, 0.05) is 23.9 Å². The first-order valence-electron chi connectivity index (χ1n) is 9.83. The number of carbonyl (C=O) groups is 2. The Hall–Kier alpha value is -3.46. The summed E-state index contributed by atoms with van der Waals surface area (Å²) in [7, 11) is 3.09. The number of benzene rings is 2. The minimum Gasteiger partial charge on any atom is -0.497 e. The second-order valence-electron chi connectivity index (χ2n) is 7.02. The third kappa shape index (κ3) is 4.51. The Balaban J connectivity index is 1.53. The molecule has 9 heteroatoms. The summed E-state index contributed by atoms with van der Waals surface area (Å²) in [5.74, 6) is 0.650. The zero-order chi connectivity index (χ0) is 21.8. The average molecular weight is 439 g/mol. The van der Waals surface area contributed by atoms with Crippen LogP contribution >= 0.6 is 11.3 Å². The lowest BCUT2D eigenvalue weighted by molar-refractivity contribution is 0.0734. The molecule has 1 aromatic heterocycles. The topological polar surface area (TPSA) is 93.7 Å². The molecule has 1 atom stereocenters. The summed E-state index contributed by atoms with van der Waals surface area (Å²) >= 11 is 1.21. The van der Waals surface area contributed by atoms with Crippen LogP contribution in [0.4, 0.5) is 5.69 Å². The van der Waals surface area contributed by atoms with Crippen molar-refractivity contribution in [3.63, 3.8) is 0 Å². The van der Waals surface area contributed by atoms with Gasteiger partial charge in [0.1, 0.15) is 16.5 Å². The number of carbonyl (C=O) groups excluding carboxylic acids is 2. The molecule has 0 aliphatic carbocycles. The van der Waals surface area contributed by atoms with E-state index in [-0.39, 0.29) is 22.9 Å². The summed E-state index contributed by atoms with van der Waals surface area (Å²) in [5, 5.41) is 12.0. The SMILES string of the molecule is COc1cc(OC)cc(C(=O)N2CCC[C@@H]2c2nnc(C(=O)Nc3ccccc3)s2)c1. The summed E-state index contributed by atoms with van der Waals surface area (Å²) in [6, 6.07) is 14.1. The second kappa shape index (κ2) is 9.13. The molecule has 0 saturated carbocycles. The van der Waals surface area contributed by atoms with Crippen molar-refractivity contribution in [3.8, 4) is 11.5 Å². The molecule has 2 amide bonds. The summed E-state index contributed by atoms with van der Waals surface area (Å²) in [6.45, 7) is 0.605. The van der Waals surface area contributed by atoms with Gasteiger partial charge < -0.3 is 19.7 Å². The lowest BCUT2D eigenvalue weighted by Gasteiger charge is -2.23. The fourth-order valence-electron chi connectivity index (χ4n) is 3.53. The van der Waals surface area contributed by atoms with Crippen molar-refractivity contribution in [2.75, 3.05) is 26.1 Å². The van der Waals surface area contributed by atoms with E-state index in [1.54, 1.807) is 49.5 Å². The van der Waals surface area contributed by atoms with Crippen LogP contribution in [0.5, 0.6) is 11.5 Å². The van der Waals surface area contributed by atoms with E-state index >= 15 is 0 Å². The lowest BCUT2D eigenvalue weighted by Crippen LogP contribution is -2.30. The number of hydrogen-bond donors (Lipinski definition) is 1. The number of amides is 2. The fourth-order valence-corrected chi connectivity index (χ4v) is 4.42. The minimum atomic E-state index is -0.316. The van der Waals surface area contributed by atoms with Gasteiger partial charge in [-0.05, 0) is 37.1 Å². The van der Waals surface area contributed by atoms with Gasteiger partial charge in [-0.2, -0.15) is 0 Å². The smallest absolute Gasteiger partial charge is 0.286 e. The Kier molecular flexibility index (Phi) is 6.13. The Morgan fingerprint density at radius 2 is 1.77 bits per heavy atom. The normalized spacial score (nSPS) is 15.5. The van der Waals surface area contributed by atoms with Crippen molar-refractivity contribution >= 4 is 28.8 Å². The van der Waals surface area contributed by atoms with E-state index in [0.29, 0.717) is 34.3 Å². The maximum absolute atomic E-state index is 13.2. The lowest BCUT2D eigenvalue weighted by atomic mass is 10.1. The predicted molar refractivity (Wildman–Crippen MR) is 117 cm³/mol. The van der Waals surface area contributed by atoms with Crippen molar-refractivity contribution in [1.29, 1.82) is 0 Å². The van der Waals surface area contributed by atoms with Gasteiger partial charge in [-0.15, -0.1) is 10.2 Å². The third-order valence-corrected chi connectivity index (χ3v) is 6.09. The zero-order valence-corrected chi connectivity index (χ0v) is 18.0. The molecule has 1 aliphatic rings. The van der Waals surface area contributed by atoms with Gasteiger partial charge in [0.25, 0.3) is 11.8 Å². The molecule has 8 nitrogen and oxygen atoms in total. The van der Waals surface area contributed by atoms with E-state index < -0.39 is 0 Å². The van der Waals surface area contributed by atoms with Crippen LogP contribution in [-0.2, 0) is 0 Å². The zero-order valence-electron chi connectivity index (χ0n) is 17.2. The van der Waals surface area contributed by atoms with Gasteiger partial charge in [-0.3, -0.25) is 9.59 Å². The average Bonchev–Trinajstić information content (AvgIpc) is 3.48. The van der Waals surface area contributed by atoms with Crippen LogP contribution in [0.1, 0.15) is 44.1 Å². The van der Waals surface area contributed by atoms with Gasteiger partial charge in [0.05, 0.1) is 20.3 Å². The van der Waals surface area contributed by atoms with Gasteiger partial charge >= 0.3 is 0 Å². The summed E-state index contributed by atoms with van der Waals surface area (Å²) in [4.78, 5) is 27.5. The van der Waals surface area contributed by atoms with Crippen LogP contribution < -0.4 is 14.8 Å². The van der Waals surface area contributed by atoms with Gasteiger partial charge in [-0.1, -0.05) is 29.5 Å². The highest BCUT2D eigenvalue weighted by atomic mass is 32.1. The largest absolute Gasteiger partial charge is 0.497 e. The Bertz CT molecular complexity index is 1060. The first-order chi connectivity index (χ1) is 15.1. The van der Waals surface area contributed by atoms with E-state index in [1.165, 1.54) is 11.3 Å². The standard InChI is InChI=1S/C22H22N4O4S/c1-29-16-11-14(12-17(13-16)30-2)22(28)26-10-6-9-18(26)20-24-25-21(31-20)19(27)23-15-7-4-3-5-8-15/h3-5,7-8,11-13,18H,6,9-10H2,1-2H3,(H,23,27)/t18-/m1/s1. The number of anilines is 1. The van der Waals surface area contributed by atoms with E-state index in [4.69, 9.17) is 9.47 Å². The van der Waals surface area contributed by atoms with Gasteiger partial charge in [0.2, 0.25) is 5.01 Å². The quantitative estimate of drug-likeness (QED) is 0.629. The van der Waals surface area contributed by atoms with Crippen LogP contribution in [0.25, 0.3) is 0 Å². The maximum Gasteiger partial charge on any atom is 0.286 e. The minimum absolute atomic E-state index is 0.134. The third-order valence-electron chi connectivity index (χ3n) is 5.06. The monoisotopic (exact) mass is 438 g/mol. The van der Waals surface area contributed by atoms with E-state index in [1.807, 2.05) is 18.2 Å². The van der Waals surface area contributed by atoms with Crippen molar-refractivity contribution in [2.24, 2.45) is 0 Å². The summed E-state index contributed by atoms with van der Waals surface area (Å²) < 4.78 is 10.6. The molecule has 160 valence electrons. The number of rotatable bonds is 6. The van der Waals surface area contributed by atoms with Crippen LogP contribution in [0, 0.1) is 0 Å². The second-order valence-corrected chi connectivity index (χ2v) is 8.03. The molecule has 1 aliphatic heterocycles. The van der Waals surface area contributed by atoms with Crippen LogP contribution in [0.15, 0.2) is 48.5 Å². The molecule has 0 unspecified atom stereocenters. The molecule has 2 heterocycles. The number of hydrogen-bond acceptors (Lipinski definition) is 7. The molecule has 1 fully saturated rings. The van der Waals surface area contributed by atoms with E-state index in [9.17, 15) is 9.59 Å². The highest BCUT2D eigenvalue weighted by Crippen LogP contribution is 2.35. The predicted octanol–water partition coefficient (Wildman–Crippen LogP) is 3.78. The number of methoxy groups -OCH3 is 2. The highest BCUT2D eigenvalue weighted by molar-refractivity contribution is 7.13. The Morgan fingerprint density at radius 3 is 2.45 bits per heavy atom. The van der Waals surface area contributed by atoms with Crippen molar-refractivity contribution in [3.05, 3.63) is 64.1 Å². The molecule has 2 aromatic carbocycles. The molecule has 0 bridgehead atoms. The molecular weight excluding hydrogens is 416 g/mol. The van der Waals surface area contributed by atoms with E-state index in [0.717, 1.165) is 12.8 Å². The molecule has 4 rings (SSSR count). The van der Waals surface area contributed by atoms with Crippen molar-refractivity contribution in [1.82, 2.24) is 15.1 Å². The first kappa shape index (κ1) is 20.8. The van der Waals surface area contributed by atoms with Crippen molar-refractivity contribution < 1.29 is 19.1 Å². The van der Waals surface area contributed by atoms with E-state index in [2.05, 4.69) is 15.5 Å². The summed E-state index contributed by atoms with van der Waals surface area (Å²) in [6.07, 6.45) is 1.62. The van der Waals surface area contributed by atoms with Crippen LogP contribution in [0.2, 0.25) is 0 Å². The number of aromatic nitrogens is 2. The number of nitrogens with one attached hydrogen (secondary N) is 1. The van der Waals surface area contributed by atoms with Gasteiger partial charge in [-0.25, -0.2) is 0 Å². The molecule has 31 heavy (non-hydrogen) atoms. The first-order valence-corrected chi connectivity index (χ1v) is 10.6. The van der Waals surface area contributed by atoms with Crippen LogP contribution in [-0.4, -0.2) is 47.7 Å². The molecule has 0 radical (unpaired) electrons. The Labute approximate surface area is 183 Å². The molecule has 3 aromatic rings. The molecule has 1 N–H and O–H groups in total. The fraction of sp³-hybridized carbons (Fsp3) is 0.273. The molecule has 0 spiro atoms. The number of para-hydroxylation sites is 1. The van der Waals surface area contributed by atoms with Gasteiger partial charge in [0.15, 0.2) is 0 Å². The maximum atomic E-state index is 13.2. The Morgan fingerprint density at radius 1 is 1.06 bits per heavy atom. The summed E-state index contributed by atoms with van der Waals surface area (Å²) in [5.41, 5.74) is 1.17. The highest BCUT2D eigenvalue weighted by Gasteiger charge is 2.34. The molecular formula is C22H22N4O4S. The number of likely N-dealkylation sites (tertiary alicyclic amines) is 1. The van der Waals surface area contributed by atoms with Crippen molar-refractivity contribution in [2.45, 2.75) is 18.9 Å². The number of ether oxygens (including phenoxy) is 2. The van der Waals surface area contributed by atoms with Crippen LogP contribution in [0.3, 0.4) is 0 Å².